The minimum absolute atomic E-state index is 0.526. The number of benzene rings is 2. The van der Waals surface area contributed by atoms with E-state index in [0.717, 1.165) is 10.9 Å². The van der Waals surface area contributed by atoms with E-state index in [-0.39, 0.29) is 0 Å². The molecule has 0 radical (unpaired) electrons. The molecule has 0 aliphatic heterocycles. The number of aromatic amines is 1. The van der Waals surface area contributed by atoms with Crippen LogP contribution in [0.15, 0.2) is 60.7 Å². The van der Waals surface area contributed by atoms with E-state index in [1.54, 1.807) is 30.3 Å². The highest BCUT2D eigenvalue weighted by Crippen LogP contribution is 2.25. The number of H-pyrrole nitrogens is 1. The average Bonchev–Trinajstić information content (AvgIpc) is 2.89. The van der Waals surface area contributed by atoms with Gasteiger partial charge in [0, 0.05) is 5.52 Å². The van der Waals surface area contributed by atoms with Crippen LogP contribution in [-0.4, -0.2) is 16.1 Å². The van der Waals surface area contributed by atoms with Crippen molar-refractivity contribution in [3.8, 4) is 5.75 Å². The molecule has 2 N–H and O–H groups in total. The molecule has 0 spiro atoms. The first-order valence-corrected chi connectivity index (χ1v) is 6.26. The van der Waals surface area contributed by atoms with Gasteiger partial charge in [-0.05, 0) is 29.7 Å². The predicted molar refractivity (Wildman–Crippen MR) is 75.7 cm³/mol. The van der Waals surface area contributed by atoms with Gasteiger partial charge in [-0.15, -0.1) is 0 Å². The fraction of sp³-hybridized carbons (Fsp3) is 0.0625. The number of fused-ring (bicyclic) bond motifs is 1. The summed E-state index contributed by atoms with van der Waals surface area (Å²) in [6.07, 6.45) is -1.05. The number of hydrogen-bond acceptors (Lipinski definition) is 2. The van der Waals surface area contributed by atoms with Gasteiger partial charge in [0.05, 0.1) is 5.69 Å². The minimum Gasteiger partial charge on any atom is -0.478 e. The Bertz CT molecular complexity index is 701. The number of rotatable bonds is 4. The molecule has 1 heterocycles. The van der Waals surface area contributed by atoms with Crippen LogP contribution < -0.4 is 4.74 Å². The van der Waals surface area contributed by atoms with Crippen molar-refractivity contribution >= 4 is 16.9 Å². The Hall–Kier alpha value is -2.75. The summed E-state index contributed by atoms with van der Waals surface area (Å²) in [5, 5.41) is 10.3. The maximum absolute atomic E-state index is 11.4. The van der Waals surface area contributed by atoms with E-state index in [9.17, 15) is 9.90 Å². The zero-order valence-electron chi connectivity index (χ0n) is 10.6. The number of carboxylic acids is 1. The van der Waals surface area contributed by atoms with Crippen LogP contribution >= 0.6 is 0 Å². The van der Waals surface area contributed by atoms with Gasteiger partial charge in [0.15, 0.2) is 0 Å². The first-order chi connectivity index (χ1) is 9.74. The quantitative estimate of drug-likeness (QED) is 0.761. The van der Waals surface area contributed by atoms with Gasteiger partial charge < -0.3 is 14.8 Å². The summed E-state index contributed by atoms with van der Waals surface area (Å²) in [6, 6.07) is 18.4. The smallest absolute Gasteiger partial charge is 0.351 e. The lowest BCUT2D eigenvalue weighted by atomic mass is 10.2. The van der Waals surface area contributed by atoms with Gasteiger partial charge in [0.2, 0.25) is 6.10 Å². The van der Waals surface area contributed by atoms with Crippen LogP contribution in [0, 0.1) is 0 Å². The second kappa shape index (κ2) is 5.09. The number of ether oxygens (including phenoxy) is 1. The molecular formula is C16H13NO3. The highest BCUT2D eigenvalue weighted by Gasteiger charge is 2.23. The molecular weight excluding hydrogens is 254 g/mol. The Morgan fingerprint density at radius 2 is 1.75 bits per heavy atom. The van der Waals surface area contributed by atoms with Gasteiger partial charge in [0.25, 0.3) is 0 Å². The fourth-order valence-electron chi connectivity index (χ4n) is 2.12. The fourth-order valence-corrected chi connectivity index (χ4v) is 2.12. The molecule has 0 saturated heterocycles. The third kappa shape index (κ3) is 2.36. The van der Waals surface area contributed by atoms with E-state index in [1.807, 2.05) is 30.3 Å². The van der Waals surface area contributed by atoms with Gasteiger partial charge >= 0.3 is 5.97 Å². The maximum Gasteiger partial charge on any atom is 0.351 e. The molecule has 0 saturated carbocycles. The van der Waals surface area contributed by atoms with Gasteiger partial charge in [-0.3, -0.25) is 0 Å². The Labute approximate surface area is 115 Å². The molecule has 3 aromatic rings. The molecule has 0 bridgehead atoms. The third-order valence-electron chi connectivity index (χ3n) is 3.05. The topological polar surface area (TPSA) is 62.3 Å². The molecule has 1 unspecified atom stereocenters. The normalized spacial score (nSPS) is 12.2. The maximum atomic E-state index is 11.4. The molecule has 1 atom stereocenters. The van der Waals surface area contributed by atoms with E-state index in [4.69, 9.17) is 4.74 Å². The summed E-state index contributed by atoms with van der Waals surface area (Å²) in [5.74, 6) is -0.501. The Balaban J connectivity index is 1.96. The lowest BCUT2D eigenvalue weighted by Crippen LogP contribution is -2.18. The van der Waals surface area contributed by atoms with Crippen LogP contribution in [-0.2, 0) is 4.79 Å². The molecule has 2 aromatic carbocycles. The standard InChI is InChI=1S/C16H13NO3/c18-16(19)15(20-12-7-2-1-3-8-12)14-10-11-6-4-5-9-13(11)17-14/h1-10,15,17H,(H,18,19). The van der Waals surface area contributed by atoms with Crippen molar-refractivity contribution in [3.05, 3.63) is 66.4 Å². The van der Waals surface area contributed by atoms with Crippen molar-refractivity contribution in [2.24, 2.45) is 0 Å². The van der Waals surface area contributed by atoms with Crippen LogP contribution in [0.3, 0.4) is 0 Å². The summed E-state index contributed by atoms with van der Waals surface area (Å²) in [5.41, 5.74) is 1.42. The van der Waals surface area contributed by atoms with E-state index >= 15 is 0 Å². The van der Waals surface area contributed by atoms with Gasteiger partial charge in [-0.25, -0.2) is 4.79 Å². The van der Waals surface area contributed by atoms with Crippen LogP contribution in [0.5, 0.6) is 5.75 Å². The first-order valence-electron chi connectivity index (χ1n) is 6.26. The second-order valence-electron chi connectivity index (χ2n) is 4.46. The highest BCUT2D eigenvalue weighted by atomic mass is 16.5. The van der Waals surface area contributed by atoms with E-state index < -0.39 is 12.1 Å². The van der Waals surface area contributed by atoms with Crippen LogP contribution in [0.2, 0.25) is 0 Å². The van der Waals surface area contributed by atoms with Gasteiger partial charge in [-0.1, -0.05) is 36.4 Å². The van der Waals surface area contributed by atoms with Crippen molar-refractivity contribution in [2.45, 2.75) is 6.10 Å². The summed E-state index contributed by atoms with van der Waals surface area (Å²) >= 11 is 0. The number of nitrogens with one attached hydrogen (secondary N) is 1. The number of para-hydroxylation sites is 2. The molecule has 0 aliphatic carbocycles. The number of hydrogen-bond donors (Lipinski definition) is 2. The molecule has 1 aromatic heterocycles. The molecule has 4 nitrogen and oxygen atoms in total. The molecule has 20 heavy (non-hydrogen) atoms. The monoisotopic (exact) mass is 267 g/mol. The number of aromatic nitrogens is 1. The summed E-state index contributed by atoms with van der Waals surface area (Å²) in [7, 11) is 0. The van der Waals surface area contributed by atoms with Crippen molar-refractivity contribution in [1.82, 2.24) is 4.98 Å². The average molecular weight is 267 g/mol. The lowest BCUT2D eigenvalue weighted by molar-refractivity contribution is -0.145. The summed E-state index contributed by atoms with van der Waals surface area (Å²) in [4.78, 5) is 14.5. The van der Waals surface area contributed by atoms with Crippen LogP contribution in [0.1, 0.15) is 11.8 Å². The lowest BCUT2D eigenvalue weighted by Gasteiger charge is -2.13. The van der Waals surface area contributed by atoms with Crippen LogP contribution in [0.4, 0.5) is 0 Å². The highest BCUT2D eigenvalue weighted by molar-refractivity contribution is 5.83. The SMILES string of the molecule is O=C(O)C(Oc1ccccc1)c1cc2ccccc2[nH]1. The minimum atomic E-state index is -1.05. The van der Waals surface area contributed by atoms with E-state index in [1.165, 1.54) is 0 Å². The molecule has 0 aliphatic rings. The molecule has 0 fully saturated rings. The summed E-state index contributed by atoms with van der Waals surface area (Å²) < 4.78 is 5.56. The first kappa shape index (κ1) is 12.3. The Morgan fingerprint density at radius 3 is 2.45 bits per heavy atom. The number of aliphatic carboxylic acids is 1. The van der Waals surface area contributed by atoms with Crippen molar-refractivity contribution in [1.29, 1.82) is 0 Å². The van der Waals surface area contributed by atoms with E-state index in [2.05, 4.69) is 4.98 Å². The second-order valence-corrected chi connectivity index (χ2v) is 4.46. The third-order valence-corrected chi connectivity index (χ3v) is 3.05. The Morgan fingerprint density at radius 1 is 1.05 bits per heavy atom. The molecule has 4 heteroatoms. The zero-order valence-corrected chi connectivity index (χ0v) is 10.6. The molecule has 100 valence electrons. The number of carbonyl (C=O) groups is 1. The Kier molecular flexibility index (Phi) is 3.13. The van der Waals surface area contributed by atoms with Gasteiger partial charge in [0.1, 0.15) is 5.75 Å². The zero-order chi connectivity index (χ0) is 13.9. The van der Waals surface area contributed by atoms with Crippen molar-refractivity contribution < 1.29 is 14.6 Å². The van der Waals surface area contributed by atoms with Crippen molar-refractivity contribution in [2.75, 3.05) is 0 Å². The van der Waals surface area contributed by atoms with Crippen LogP contribution in [0.25, 0.3) is 10.9 Å². The summed E-state index contributed by atoms with van der Waals surface area (Å²) in [6.45, 7) is 0. The predicted octanol–water partition coefficient (Wildman–Crippen LogP) is 3.37. The number of carboxylic acid groups (broad SMARTS) is 1. The van der Waals surface area contributed by atoms with E-state index in [0.29, 0.717) is 11.4 Å². The van der Waals surface area contributed by atoms with Crippen molar-refractivity contribution in [3.63, 3.8) is 0 Å². The molecule has 0 amide bonds. The largest absolute Gasteiger partial charge is 0.478 e. The molecule has 3 rings (SSSR count). The van der Waals surface area contributed by atoms with Gasteiger partial charge in [-0.2, -0.15) is 0 Å².